The molecular formula is C19H12N2O5. The largest absolute Gasteiger partial charge is 0.422 e. The molecule has 0 saturated heterocycles. The lowest BCUT2D eigenvalue weighted by molar-refractivity contribution is -0.384. The number of carbonyl (C=O) groups excluding carboxylic acids is 1. The van der Waals surface area contributed by atoms with Crippen molar-refractivity contribution in [3.63, 3.8) is 0 Å². The normalized spacial score (nSPS) is 11.1. The SMILES string of the molecule is Cn1cc(C(=O)c2cc3ccccc3oc2=O)c2cc([N+](=O)[O-])ccc21. The second kappa shape index (κ2) is 5.66. The van der Waals surface area contributed by atoms with E-state index in [9.17, 15) is 19.7 Å². The summed E-state index contributed by atoms with van der Waals surface area (Å²) in [5.41, 5.74) is 0.294. The lowest BCUT2D eigenvalue weighted by Gasteiger charge is -2.01. The molecule has 26 heavy (non-hydrogen) atoms. The zero-order chi connectivity index (χ0) is 18.4. The van der Waals surface area contributed by atoms with Crippen molar-refractivity contribution in [1.82, 2.24) is 4.57 Å². The Labute approximate surface area is 146 Å². The number of carbonyl (C=O) groups is 1. The lowest BCUT2D eigenvalue weighted by Crippen LogP contribution is -2.14. The molecule has 0 bridgehead atoms. The van der Waals surface area contributed by atoms with Gasteiger partial charge in [0.25, 0.3) is 5.69 Å². The molecule has 2 aromatic heterocycles. The quantitative estimate of drug-likeness (QED) is 0.245. The molecule has 0 spiro atoms. The predicted molar refractivity (Wildman–Crippen MR) is 95.5 cm³/mol. The summed E-state index contributed by atoms with van der Waals surface area (Å²) < 4.78 is 6.91. The van der Waals surface area contributed by atoms with Crippen LogP contribution in [0.3, 0.4) is 0 Å². The van der Waals surface area contributed by atoms with E-state index in [0.717, 1.165) is 0 Å². The third-order valence-electron chi connectivity index (χ3n) is 4.31. The average Bonchev–Trinajstić information content (AvgIpc) is 2.96. The van der Waals surface area contributed by atoms with Crippen LogP contribution in [0.1, 0.15) is 15.9 Å². The number of ketones is 1. The van der Waals surface area contributed by atoms with Crippen LogP contribution in [0.2, 0.25) is 0 Å². The molecule has 0 aliphatic rings. The number of benzene rings is 2. The molecule has 128 valence electrons. The van der Waals surface area contributed by atoms with E-state index < -0.39 is 16.3 Å². The zero-order valence-corrected chi connectivity index (χ0v) is 13.6. The molecule has 2 heterocycles. The Kier molecular flexibility index (Phi) is 3.43. The maximum absolute atomic E-state index is 13.0. The van der Waals surface area contributed by atoms with Gasteiger partial charge >= 0.3 is 5.63 Å². The maximum atomic E-state index is 13.0. The van der Waals surface area contributed by atoms with Crippen molar-refractivity contribution in [3.8, 4) is 0 Å². The third-order valence-corrected chi connectivity index (χ3v) is 4.31. The van der Waals surface area contributed by atoms with Crippen molar-refractivity contribution >= 4 is 33.3 Å². The molecule has 0 N–H and O–H groups in total. The van der Waals surface area contributed by atoms with Crippen LogP contribution >= 0.6 is 0 Å². The summed E-state index contributed by atoms with van der Waals surface area (Å²) in [5.74, 6) is -0.532. The first kappa shape index (κ1) is 15.8. The van der Waals surface area contributed by atoms with Crippen LogP contribution in [0, 0.1) is 10.1 Å². The van der Waals surface area contributed by atoms with Crippen molar-refractivity contribution in [3.05, 3.63) is 86.4 Å². The van der Waals surface area contributed by atoms with Gasteiger partial charge in [0.05, 0.1) is 4.92 Å². The standard InChI is InChI=1S/C19H12N2O5/c1-20-10-15(13-9-12(21(24)25)6-7-16(13)20)18(22)14-8-11-4-2-3-5-17(11)26-19(14)23/h2-10H,1H3. The Hall–Kier alpha value is -3.74. The highest BCUT2D eigenvalue weighted by Crippen LogP contribution is 2.27. The number of fused-ring (bicyclic) bond motifs is 2. The van der Waals surface area contributed by atoms with Gasteiger partial charge in [-0.3, -0.25) is 14.9 Å². The molecule has 0 atom stereocenters. The minimum absolute atomic E-state index is 0.109. The number of hydrogen-bond donors (Lipinski definition) is 0. The van der Waals surface area contributed by atoms with Gasteiger partial charge in [-0.15, -0.1) is 0 Å². The summed E-state index contributed by atoms with van der Waals surface area (Å²) in [6.07, 6.45) is 1.56. The van der Waals surface area contributed by atoms with E-state index in [-0.39, 0.29) is 16.8 Å². The lowest BCUT2D eigenvalue weighted by atomic mass is 10.0. The first-order chi connectivity index (χ1) is 12.5. The molecule has 0 radical (unpaired) electrons. The zero-order valence-electron chi connectivity index (χ0n) is 13.6. The topological polar surface area (TPSA) is 95.3 Å². The maximum Gasteiger partial charge on any atom is 0.347 e. The number of rotatable bonds is 3. The van der Waals surface area contributed by atoms with E-state index in [1.807, 2.05) is 0 Å². The van der Waals surface area contributed by atoms with E-state index in [2.05, 4.69) is 0 Å². The van der Waals surface area contributed by atoms with Crippen LogP contribution in [0.25, 0.3) is 21.9 Å². The van der Waals surface area contributed by atoms with Gasteiger partial charge in [-0.25, -0.2) is 4.79 Å². The molecule has 0 aliphatic carbocycles. The third kappa shape index (κ3) is 2.37. The molecule has 4 aromatic rings. The number of aryl methyl sites for hydroxylation is 1. The fraction of sp³-hybridized carbons (Fsp3) is 0.0526. The first-order valence-electron chi connectivity index (χ1n) is 7.77. The summed E-state index contributed by atoms with van der Waals surface area (Å²) in [7, 11) is 1.73. The number of para-hydroxylation sites is 1. The number of aromatic nitrogens is 1. The molecule has 0 aliphatic heterocycles. The first-order valence-corrected chi connectivity index (χ1v) is 7.77. The summed E-state index contributed by atoms with van der Waals surface area (Å²) in [6.45, 7) is 0. The van der Waals surface area contributed by atoms with Gasteiger partial charge in [0.2, 0.25) is 5.78 Å². The van der Waals surface area contributed by atoms with Crippen LogP contribution in [-0.4, -0.2) is 15.3 Å². The molecule has 0 fully saturated rings. The summed E-state index contributed by atoms with van der Waals surface area (Å²) in [5, 5.41) is 12.1. The second-order valence-electron chi connectivity index (χ2n) is 5.93. The van der Waals surface area contributed by atoms with Crippen molar-refractivity contribution < 1.29 is 14.1 Å². The number of nitro benzene ring substituents is 1. The predicted octanol–water partition coefficient (Wildman–Crippen LogP) is 3.42. The van der Waals surface area contributed by atoms with Gasteiger partial charge in [0.15, 0.2) is 0 Å². The van der Waals surface area contributed by atoms with Crippen LogP contribution in [0.5, 0.6) is 0 Å². The Morgan fingerprint density at radius 2 is 1.88 bits per heavy atom. The number of non-ortho nitro benzene ring substituents is 1. The number of nitrogens with zero attached hydrogens (tertiary/aromatic N) is 2. The Bertz CT molecular complexity index is 1270. The smallest absolute Gasteiger partial charge is 0.347 e. The minimum Gasteiger partial charge on any atom is -0.422 e. The number of nitro groups is 1. The van der Waals surface area contributed by atoms with E-state index in [4.69, 9.17) is 4.42 Å². The highest BCUT2D eigenvalue weighted by Gasteiger charge is 2.21. The molecule has 7 nitrogen and oxygen atoms in total. The van der Waals surface area contributed by atoms with Crippen molar-refractivity contribution in [2.24, 2.45) is 7.05 Å². The minimum atomic E-state index is -0.740. The van der Waals surface area contributed by atoms with E-state index in [1.165, 1.54) is 18.2 Å². The molecule has 0 amide bonds. The molecule has 2 aromatic carbocycles. The Morgan fingerprint density at radius 1 is 1.12 bits per heavy atom. The molecular weight excluding hydrogens is 336 g/mol. The van der Waals surface area contributed by atoms with Crippen molar-refractivity contribution in [2.45, 2.75) is 0 Å². The van der Waals surface area contributed by atoms with E-state index in [1.54, 1.807) is 48.1 Å². The van der Waals surface area contributed by atoms with E-state index >= 15 is 0 Å². The molecule has 7 heteroatoms. The van der Waals surface area contributed by atoms with Gasteiger partial charge in [0, 0.05) is 47.2 Å². The summed E-state index contributed by atoms with van der Waals surface area (Å²) in [6, 6.07) is 12.7. The second-order valence-corrected chi connectivity index (χ2v) is 5.93. The molecule has 4 rings (SSSR count). The van der Waals surface area contributed by atoms with Gasteiger partial charge < -0.3 is 8.98 Å². The van der Waals surface area contributed by atoms with Crippen molar-refractivity contribution in [2.75, 3.05) is 0 Å². The summed E-state index contributed by atoms with van der Waals surface area (Å²) in [4.78, 5) is 35.8. The van der Waals surface area contributed by atoms with Gasteiger partial charge in [-0.05, 0) is 18.2 Å². The van der Waals surface area contributed by atoms with Gasteiger partial charge in [0.1, 0.15) is 11.1 Å². The molecule has 0 saturated carbocycles. The van der Waals surface area contributed by atoms with E-state index in [0.29, 0.717) is 21.9 Å². The fourth-order valence-corrected chi connectivity index (χ4v) is 3.04. The van der Waals surface area contributed by atoms with Crippen LogP contribution in [-0.2, 0) is 7.05 Å². The van der Waals surface area contributed by atoms with Gasteiger partial charge in [-0.1, -0.05) is 18.2 Å². The van der Waals surface area contributed by atoms with Gasteiger partial charge in [-0.2, -0.15) is 0 Å². The monoisotopic (exact) mass is 348 g/mol. The van der Waals surface area contributed by atoms with Crippen LogP contribution in [0.4, 0.5) is 5.69 Å². The van der Waals surface area contributed by atoms with Crippen LogP contribution < -0.4 is 5.63 Å². The highest BCUT2D eigenvalue weighted by atomic mass is 16.6. The fourth-order valence-electron chi connectivity index (χ4n) is 3.04. The average molecular weight is 348 g/mol. The summed E-state index contributed by atoms with van der Waals surface area (Å²) >= 11 is 0. The molecule has 0 unspecified atom stereocenters. The Morgan fingerprint density at radius 3 is 2.65 bits per heavy atom. The number of hydrogen-bond acceptors (Lipinski definition) is 5. The highest BCUT2D eigenvalue weighted by molar-refractivity contribution is 6.17. The Balaban J connectivity index is 1.94. The van der Waals surface area contributed by atoms with Crippen LogP contribution in [0.15, 0.2) is 63.9 Å². The van der Waals surface area contributed by atoms with Crippen molar-refractivity contribution in [1.29, 1.82) is 0 Å².